The van der Waals surface area contributed by atoms with E-state index in [4.69, 9.17) is 4.74 Å². The highest BCUT2D eigenvalue weighted by molar-refractivity contribution is 5.07. The number of methoxy groups -OCH3 is 1. The highest BCUT2D eigenvalue weighted by Crippen LogP contribution is 1.95. The number of hydrogen-bond donors (Lipinski definition) is 0. The van der Waals surface area contributed by atoms with Gasteiger partial charge in [0.2, 0.25) is 0 Å². The van der Waals surface area contributed by atoms with Gasteiger partial charge in [0.15, 0.2) is 0 Å². The summed E-state index contributed by atoms with van der Waals surface area (Å²) in [5.41, 5.74) is 1.02. The van der Waals surface area contributed by atoms with E-state index in [1.54, 1.807) is 23.9 Å². The van der Waals surface area contributed by atoms with Crippen molar-refractivity contribution in [3.8, 4) is 0 Å². The van der Waals surface area contributed by atoms with E-state index in [9.17, 15) is 4.79 Å². The first kappa shape index (κ1) is 9.99. The average Bonchev–Trinajstić information content (AvgIpc) is 2.09. The van der Waals surface area contributed by atoms with Crippen LogP contribution < -0.4 is 5.56 Å². The fourth-order valence-corrected chi connectivity index (χ4v) is 1.11. The smallest absolute Gasteiger partial charge is 0.250 e. The first-order valence-corrected chi connectivity index (χ1v) is 4.33. The van der Waals surface area contributed by atoms with Gasteiger partial charge >= 0.3 is 0 Å². The van der Waals surface area contributed by atoms with Crippen LogP contribution >= 0.6 is 0 Å². The van der Waals surface area contributed by atoms with E-state index in [2.05, 4.69) is 0 Å². The summed E-state index contributed by atoms with van der Waals surface area (Å²) in [4.78, 5) is 11.4. The quantitative estimate of drug-likeness (QED) is 0.701. The van der Waals surface area contributed by atoms with Crippen LogP contribution in [-0.4, -0.2) is 17.8 Å². The standard InChI is InChI=1S/C10H15NO2/c1-8-4-5-11(10(12)6-8)7-9(2)13-3/h4-6,9H,7H2,1-3H3. The Morgan fingerprint density at radius 3 is 2.85 bits per heavy atom. The molecule has 72 valence electrons. The van der Waals surface area contributed by atoms with Crippen LogP contribution in [0.1, 0.15) is 12.5 Å². The Hall–Kier alpha value is -1.09. The van der Waals surface area contributed by atoms with Crippen LogP contribution in [0.3, 0.4) is 0 Å². The summed E-state index contributed by atoms with van der Waals surface area (Å²) in [6.07, 6.45) is 1.87. The molecule has 0 spiro atoms. The maximum Gasteiger partial charge on any atom is 0.250 e. The molecular formula is C10H15NO2. The van der Waals surface area contributed by atoms with Crippen LogP contribution in [0.4, 0.5) is 0 Å². The van der Waals surface area contributed by atoms with E-state index >= 15 is 0 Å². The van der Waals surface area contributed by atoms with Gasteiger partial charge in [0.05, 0.1) is 12.6 Å². The predicted octanol–water partition coefficient (Wildman–Crippen LogP) is 1.19. The molecule has 0 bridgehead atoms. The Morgan fingerprint density at radius 1 is 1.62 bits per heavy atom. The summed E-state index contributed by atoms with van der Waals surface area (Å²) in [6.45, 7) is 4.45. The maximum atomic E-state index is 11.4. The first-order chi connectivity index (χ1) is 6.13. The van der Waals surface area contributed by atoms with Gasteiger partial charge in [0.25, 0.3) is 5.56 Å². The van der Waals surface area contributed by atoms with E-state index in [1.807, 2.05) is 19.9 Å². The van der Waals surface area contributed by atoms with E-state index in [0.29, 0.717) is 6.54 Å². The van der Waals surface area contributed by atoms with Crippen molar-refractivity contribution >= 4 is 0 Å². The van der Waals surface area contributed by atoms with E-state index in [1.165, 1.54) is 0 Å². The van der Waals surface area contributed by atoms with Crippen molar-refractivity contribution < 1.29 is 4.74 Å². The van der Waals surface area contributed by atoms with Gasteiger partial charge in [-0.1, -0.05) is 0 Å². The molecule has 1 aromatic rings. The van der Waals surface area contributed by atoms with Crippen LogP contribution in [0.5, 0.6) is 0 Å². The number of hydrogen-bond acceptors (Lipinski definition) is 2. The number of aryl methyl sites for hydroxylation is 1. The lowest BCUT2D eigenvalue weighted by Gasteiger charge is -2.11. The van der Waals surface area contributed by atoms with Gasteiger partial charge in [-0.05, 0) is 25.5 Å². The Kier molecular flexibility index (Phi) is 3.25. The van der Waals surface area contributed by atoms with Crippen molar-refractivity contribution in [1.82, 2.24) is 4.57 Å². The van der Waals surface area contributed by atoms with Crippen LogP contribution in [0.2, 0.25) is 0 Å². The highest BCUT2D eigenvalue weighted by Gasteiger charge is 2.01. The van der Waals surface area contributed by atoms with Crippen LogP contribution in [0.25, 0.3) is 0 Å². The Morgan fingerprint density at radius 2 is 2.31 bits per heavy atom. The van der Waals surface area contributed by atoms with Gasteiger partial charge in [0, 0.05) is 19.4 Å². The number of nitrogens with zero attached hydrogens (tertiary/aromatic N) is 1. The van der Waals surface area contributed by atoms with Crippen molar-refractivity contribution in [3.05, 3.63) is 34.2 Å². The minimum absolute atomic E-state index is 0.0314. The van der Waals surface area contributed by atoms with Crippen LogP contribution in [0.15, 0.2) is 23.1 Å². The number of aromatic nitrogens is 1. The van der Waals surface area contributed by atoms with Gasteiger partial charge < -0.3 is 9.30 Å². The summed E-state index contributed by atoms with van der Waals surface area (Å²) in [7, 11) is 1.64. The monoisotopic (exact) mass is 181 g/mol. The second kappa shape index (κ2) is 4.23. The summed E-state index contributed by atoms with van der Waals surface area (Å²) >= 11 is 0. The third-order valence-electron chi connectivity index (χ3n) is 2.01. The summed E-state index contributed by atoms with van der Waals surface area (Å²) < 4.78 is 6.73. The number of ether oxygens (including phenoxy) is 1. The minimum Gasteiger partial charge on any atom is -0.380 e. The van der Waals surface area contributed by atoms with Crippen LogP contribution in [0, 0.1) is 6.92 Å². The van der Waals surface area contributed by atoms with E-state index in [0.717, 1.165) is 5.56 Å². The van der Waals surface area contributed by atoms with Gasteiger partial charge in [-0.2, -0.15) is 0 Å². The lowest BCUT2D eigenvalue weighted by molar-refractivity contribution is 0.102. The summed E-state index contributed by atoms with van der Waals surface area (Å²) in [6, 6.07) is 3.55. The average molecular weight is 181 g/mol. The van der Waals surface area contributed by atoms with Crippen molar-refractivity contribution in [2.45, 2.75) is 26.5 Å². The first-order valence-electron chi connectivity index (χ1n) is 4.33. The molecule has 0 amide bonds. The third-order valence-corrected chi connectivity index (χ3v) is 2.01. The van der Waals surface area contributed by atoms with Crippen LogP contribution in [-0.2, 0) is 11.3 Å². The molecule has 0 saturated carbocycles. The van der Waals surface area contributed by atoms with Gasteiger partial charge in [0.1, 0.15) is 0 Å². The molecule has 0 N–H and O–H groups in total. The number of pyridine rings is 1. The maximum absolute atomic E-state index is 11.4. The molecule has 0 radical (unpaired) electrons. The topological polar surface area (TPSA) is 31.2 Å². The molecular weight excluding hydrogens is 166 g/mol. The largest absolute Gasteiger partial charge is 0.380 e. The SMILES string of the molecule is COC(C)Cn1ccc(C)cc1=O. The van der Waals surface area contributed by atoms with Crippen molar-refractivity contribution in [3.63, 3.8) is 0 Å². The molecule has 0 aliphatic carbocycles. The molecule has 1 aromatic heterocycles. The van der Waals surface area contributed by atoms with Crippen molar-refractivity contribution in [2.75, 3.05) is 7.11 Å². The third kappa shape index (κ3) is 2.70. The number of rotatable bonds is 3. The van der Waals surface area contributed by atoms with E-state index in [-0.39, 0.29) is 11.7 Å². The second-order valence-corrected chi connectivity index (χ2v) is 3.24. The van der Waals surface area contributed by atoms with Gasteiger partial charge in [-0.15, -0.1) is 0 Å². The normalized spacial score (nSPS) is 12.8. The zero-order chi connectivity index (χ0) is 9.84. The van der Waals surface area contributed by atoms with Crippen molar-refractivity contribution in [2.24, 2.45) is 0 Å². The zero-order valence-corrected chi connectivity index (χ0v) is 8.28. The second-order valence-electron chi connectivity index (χ2n) is 3.24. The molecule has 0 saturated heterocycles. The molecule has 1 unspecified atom stereocenters. The molecule has 1 rings (SSSR count). The predicted molar refractivity (Wildman–Crippen MR) is 51.9 cm³/mol. The molecule has 0 aromatic carbocycles. The molecule has 1 atom stereocenters. The molecule has 0 aliphatic heterocycles. The van der Waals surface area contributed by atoms with Gasteiger partial charge in [-0.3, -0.25) is 4.79 Å². The van der Waals surface area contributed by atoms with Gasteiger partial charge in [-0.25, -0.2) is 0 Å². The molecule has 13 heavy (non-hydrogen) atoms. The highest BCUT2D eigenvalue weighted by atomic mass is 16.5. The fraction of sp³-hybridized carbons (Fsp3) is 0.500. The lowest BCUT2D eigenvalue weighted by atomic mass is 10.3. The molecule has 0 fully saturated rings. The molecule has 1 heterocycles. The summed E-state index contributed by atoms with van der Waals surface area (Å²) in [5, 5.41) is 0. The Labute approximate surface area is 78.0 Å². The molecule has 3 heteroatoms. The molecule has 3 nitrogen and oxygen atoms in total. The zero-order valence-electron chi connectivity index (χ0n) is 8.28. The summed E-state index contributed by atoms with van der Waals surface area (Å²) in [5.74, 6) is 0. The minimum atomic E-state index is 0.0314. The lowest BCUT2D eigenvalue weighted by Crippen LogP contribution is -2.25. The Balaban J connectivity index is 2.84. The van der Waals surface area contributed by atoms with Crippen molar-refractivity contribution in [1.29, 1.82) is 0 Å². The Bertz CT molecular complexity index is 330. The van der Waals surface area contributed by atoms with E-state index < -0.39 is 0 Å². The molecule has 0 aliphatic rings. The fourth-order valence-electron chi connectivity index (χ4n) is 1.11.